The first-order chi connectivity index (χ1) is 10.3. The van der Waals surface area contributed by atoms with Crippen LogP contribution in [-0.4, -0.2) is 10.4 Å². The highest BCUT2D eigenvalue weighted by molar-refractivity contribution is 5.19. The summed E-state index contributed by atoms with van der Waals surface area (Å²) in [5.74, 6) is 0. The molecular weight excluding hydrogens is 254 g/mol. The van der Waals surface area contributed by atoms with E-state index in [-0.39, 0.29) is 0 Å². The molecule has 0 heterocycles. The van der Waals surface area contributed by atoms with E-state index in [1.807, 2.05) is 0 Å². The van der Waals surface area contributed by atoms with Crippen molar-refractivity contribution < 1.29 is 0 Å². The Kier molecular flexibility index (Phi) is 4.40. The smallest absolute Gasteiger partial charge is 0.0242 e. The molecule has 2 aromatic carbocycles. The van der Waals surface area contributed by atoms with Crippen molar-refractivity contribution in [1.29, 1.82) is 0 Å². The molecule has 1 fully saturated rings. The van der Waals surface area contributed by atoms with Gasteiger partial charge in [-0.25, -0.2) is 0 Å². The molecule has 3 rings (SSSR count). The maximum absolute atomic E-state index is 2.71. The van der Waals surface area contributed by atoms with Gasteiger partial charge in [-0.15, -0.1) is 0 Å². The average molecular weight is 279 g/mol. The number of benzene rings is 2. The number of nitrogens with zero attached hydrogens (tertiary/aromatic N) is 1. The quantitative estimate of drug-likeness (QED) is 0.687. The van der Waals surface area contributed by atoms with Gasteiger partial charge in [0.15, 0.2) is 0 Å². The van der Waals surface area contributed by atoms with Gasteiger partial charge in [-0.1, -0.05) is 74.0 Å². The van der Waals surface area contributed by atoms with Gasteiger partial charge in [-0.2, -0.15) is 0 Å². The van der Waals surface area contributed by atoms with Gasteiger partial charge in [-0.05, 0) is 30.4 Å². The summed E-state index contributed by atoms with van der Waals surface area (Å²) in [5.41, 5.74) is 3.31. The topological polar surface area (TPSA) is 3.24 Å². The Labute approximate surface area is 128 Å². The predicted octanol–water partition coefficient (Wildman–Crippen LogP) is 5.02. The third kappa shape index (κ3) is 3.54. The Morgan fingerprint density at radius 1 is 0.810 bits per heavy atom. The Balaban J connectivity index is 1.78. The van der Waals surface area contributed by atoms with Gasteiger partial charge in [0.1, 0.15) is 0 Å². The van der Waals surface area contributed by atoms with Crippen molar-refractivity contribution >= 4 is 0 Å². The van der Waals surface area contributed by atoms with Crippen molar-refractivity contribution in [2.75, 3.05) is 0 Å². The van der Waals surface area contributed by atoms with E-state index >= 15 is 0 Å². The summed E-state index contributed by atoms with van der Waals surface area (Å²) in [5, 5.41) is 0. The van der Waals surface area contributed by atoms with Gasteiger partial charge in [0, 0.05) is 18.6 Å². The van der Waals surface area contributed by atoms with Crippen molar-refractivity contribution in [3.63, 3.8) is 0 Å². The molecule has 1 saturated carbocycles. The number of hydrogen-bond acceptors (Lipinski definition) is 1. The zero-order valence-electron chi connectivity index (χ0n) is 13.0. The fourth-order valence-electron chi connectivity index (χ4n) is 3.33. The SMILES string of the molecule is CCCC1(N(Cc2ccccc2)Cc2ccccc2)CC1. The number of rotatable bonds is 7. The second-order valence-corrected chi connectivity index (χ2v) is 6.30. The lowest BCUT2D eigenvalue weighted by molar-refractivity contribution is 0.147. The second kappa shape index (κ2) is 6.44. The Morgan fingerprint density at radius 3 is 1.67 bits per heavy atom. The molecule has 2 aromatic rings. The van der Waals surface area contributed by atoms with Crippen LogP contribution in [0.3, 0.4) is 0 Å². The summed E-state index contributed by atoms with van der Waals surface area (Å²) in [6.07, 6.45) is 5.33. The largest absolute Gasteiger partial charge is 0.289 e. The summed E-state index contributed by atoms with van der Waals surface area (Å²) in [7, 11) is 0. The molecule has 1 aliphatic rings. The zero-order chi connectivity index (χ0) is 14.5. The second-order valence-electron chi connectivity index (χ2n) is 6.30. The monoisotopic (exact) mass is 279 g/mol. The van der Waals surface area contributed by atoms with Crippen LogP contribution in [0.25, 0.3) is 0 Å². The Morgan fingerprint density at radius 2 is 1.29 bits per heavy atom. The van der Waals surface area contributed by atoms with E-state index < -0.39 is 0 Å². The van der Waals surface area contributed by atoms with Crippen LogP contribution in [-0.2, 0) is 13.1 Å². The van der Waals surface area contributed by atoms with Gasteiger partial charge in [0.25, 0.3) is 0 Å². The lowest BCUT2D eigenvalue weighted by Crippen LogP contribution is -2.36. The molecule has 1 aliphatic carbocycles. The molecule has 110 valence electrons. The molecule has 1 nitrogen and oxygen atoms in total. The van der Waals surface area contributed by atoms with E-state index in [1.165, 1.54) is 36.8 Å². The lowest BCUT2D eigenvalue weighted by Gasteiger charge is -2.32. The minimum atomic E-state index is 0.459. The Bertz CT molecular complexity index is 501. The molecule has 0 bridgehead atoms. The first-order valence-corrected chi connectivity index (χ1v) is 8.15. The van der Waals surface area contributed by atoms with E-state index in [9.17, 15) is 0 Å². The molecule has 0 unspecified atom stereocenters. The van der Waals surface area contributed by atoms with Crippen LogP contribution in [0.4, 0.5) is 0 Å². The third-order valence-electron chi connectivity index (χ3n) is 4.65. The normalized spacial score (nSPS) is 16.1. The van der Waals surface area contributed by atoms with Crippen molar-refractivity contribution in [2.45, 2.75) is 51.2 Å². The standard InChI is InChI=1S/C20H25N/c1-2-13-20(14-15-20)21(16-18-9-5-3-6-10-18)17-19-11-7-4-8-12-19/h3-12H,2,13-17H2,1H3. The molecule has 0 N–H and O–H groups in total. The van der Waals surface area contributed by atoms with Crippen LogP contribution < -0.4 is 0 Å². The summed E-state index contributed by atoms with van der Waals surface area (Å²) in [6, 6.07) is 21.8. The molecular formula is C20H25N. The lowest BCUT2D eigenvalue weighted by atomic mass is 10.0. The summed E-state index contributed by atoms with van der Waals surface area (Å²) < 4.78 is 0. The van der Waals surface area contributed by atoms with E-state index in [0.717, 1.165) is 13.1 Å². The highest BCUT2D eigenvalue weighted by Crippen LogP contribution is 2.46. The van der Waals surface area contributed by atoms with Gasteiger partial charge < -0.3 is 0 Å². The van der Waals surface area contributed by atoms with Gasteiger partial charge >= 0.3 is 0 Å². The van der Waals surface area contributed by atoms with Crippen LogP contribution in [0.5, 0.6) is 0 Å². The highest BCUT2D eigenvalue weighted by Gasteiger charge is 2.46. The fourth-order valence-corrected chi connectivity index (χ4v) is 3.33. The van der Waals surface area contributed by atoms with Gasteiger partial charge in [0.2, 0.25) is 0 Å². The first-order valence-electron chi connectivity index (χ1n) is 8.15. The molecule has 0 spiro atoms. The molecule has 0 amide bonds. The van der Waals surface area contributed by atoms with Crippen LogP contribution in [0, 0.1) is 0 Å². The van der Waals surface area contributed by atoms with E-state index in [1.54, 1.807) is 0 Å². The van der Waals surface area contributed by atoms with Crippen LogP contribution in [0.2, 0.25) is 0 Å². The fraction of sp³-hybridized carbons (Fsp3) is 0.400. The Hall–Kier alpha value is -1.60. The molecule has 0 radical (unpaired) electrons. The first kappa shape index (κ1) is 14.3. The van der Waals surface area contributed by atoms with Crippen molar-refractivity contribution in [3.8, 4) is 0 Å². The van der Waals surface area contributed by atoms with Crippen molar-refractivity contribution in [3.05, 3.63) is 71.8 Å². The number of hydrogen-bond donors (Lipinski definition) is 0. The van der Waals surface area contributed by atoms with Gasteiger partial charge in [-0.3, -0.25) is 4.90 Å². The summed E-state index contributed by atoms with van der Waals surface area (Å²) in [6.45, 7) is 4.44. The van der Waals surface area contributed by atoms with Crippen LogP contribution in [0.15, 0.2) is 60.7 Å². The highest BCUT2D eigenvalue weighted by atomic mass is 15.2. The summed E-state index contributed by atoms with van der Waals surface area (Å²) in [4.78, 5) is 2.71. The predicted molar refractivity (Wildman–Crippen MR) is 89.0 cm³/mol. The molecule has 0 aromatic heterocycles. The molecule has 0 atom stereocenters. The third-order valence-corrected chi connectivity index (χ3v) is 4.65. The maximum Gasteiger partial charge on any atom is 0.0242 e. The molecule has 0 aliphatic heterocycles. The van der Waals surface area contributed by atoms with E-state index in [0.29, 0.717) is 5.54 Å². The average Bonchev–Trinajstić information content (AvgIpc) is 3.30. The summed E-state index contributed by atoms with van der Waals surface area (Å²) >= 11 is 0. The molecule has 1 heteroatoms. The molecule has 0 saturated heterocycles. The van der Waals surface area contributed by atoms with Crippen molar-refractivity contribution in [1.82, 2.24) is 4.90 Å². The van der Waals surface area contributed by atoms with Crippen molar-refractivity contribution in [2.24, 2.45) is 0 Å². The zero-order valence-corrected chi connectivity index (χ0v) is 13.0. The van der Waals surface area contributed by atoms with E-state index in [4.69, 9.17) is 0 Å². The van der Waals surface area contributed by atoms with Gasteiger partial charge in [0.05, 0.1) is 0 Å². The minimum Gasteiger partial charge on any atom is -0.289 e. The minimum absolute atomic E-state index is 0.459. The van der Waals surface area contributed by atoms with Crippen LogP contribution >= 0.6 is 0 Å². The van der Waals surface area contributed by atoms with E-state index in [2.05, 4.69) is 72.5 Å². The molecule has 21 heavy (non-hydrogen) atoms. The van der Waals surface area contributed by atoms with Crippen LogP contribution in [0.1, 0.15) is 43.7 Å². The maximum atomic E-state index is 2.71.